The van der Waals surface area contributed by atoms with Gasteiger partial charge in [0.25, 0.3) is 0 Å². The van der Waals surface area contributed by atoms with Crippen LogP contribution in [0.15, 0.2) is 22.8 Å². The highest BCUT2D eigenvalue weighted by molar-refractivity contribution is 9.10. The third kappa shape index (κ3) is 4.09. The van der Waals surface area contributed by atoms with E-state index < -0.39 is 8.32 Å². The Bertz CT molecular complexity index is 575. The molecule has 0 aliphatic heterocycles. The maximum Gasteiger partial charge on any atom is 0.192 e. The quantitative estimate of drug-likeness (QED) is 0.589. The van der Waals surface area contributed by atoms with Crippen LogP contribution in [-0.2, 0) is 4.43 Å². The minimum atomic E-state index is -1.66. The van der Waals surface area contributed by atoms with Gasteiger partial charge < -0.3 is 4.43 Å². The van der Waals surface area contributed by atoms with Crippen molar-refractivity contribution in [1.82, 2.24) is 4.98 Å². The Morgan fingerprint density at radius 3 is 2.50 bits per heavy atom. The van der Waals surface area contributed by atoms with Crippen molar-refractivity contribution in [3.63, 3.8) is 0 Å². The van der Waals surface area contributed by atoms with Crippen LogP contribution in [0.5, 0.6) is 0 Å². The largest absolute Gasteiger partial charge is 0.414 e. The summed E-state index contributed by atoms with van der Waals surface area (Å²) in [7, 11) is -1.66. The number of nitrogens with zero attached hydrogens (tertiary/aromatic N) is 1. The Hall–Kier alpha value is -0.453. The number of pyridine rings is 1. The van der Waals surface area contributed by atoms with E-state index in [-0.39, 0.29) is 5.04 Å². The standard InChI is InChI=1S/C18H28BrNOSi/c1-13-11-15(19)12-20-17(13)14-7-9-16(10-8-14)21-22(5,6)18(2,3)4/h7,11-12,16H,8-10H2,1-6H3. The third-order valence-corrected chi connectivity index (χ3v) is 9.95. The molecule has 22 heavy (non-hydrogen) atoms. The predicted molar refractivity (Wildman–Crippen MR) is 101 cm³/mol. The summed E-state index contributed by atoms with van der Waals surface area (Å²) >= 11 is 3.48. The van der Waals surface area contributed by atoms with Crippen LogP contribution in [0.3, 0.4) is 0 Å². The van der Waals surface area contributed by atoms with Crippen LogP contribution in [0.1, 0.15) is 51.3 Å². The maximum atomic E-state index is 6.54. The average Bonchev–Trinajstić information content (AvgIpc) is 2.38. The summed E-state index contributed by atoms with van der Waals surface area (Å²) < 4.78 is 7.59. The first-order valence-electron chi connectivity index (χ1n) is 8.09. The van der Waals surface area contributed by atoms with Crippen LogP contribution in [0, 0.1) is 6.92 Å². The molecule has 1 aromatic rings. The molecule has 4 heteroatoms. The van der Waals surface area contributed by atoms with Crippen LogP contribution in [0.25, 0.3) is 5.57 Å². The SMILES string of the molecule is Cc1cc(Br)cnc1C1=CCC(O[Si](C)(C)C(C)(C)C)CC1. The normalized spacial score (nSPS) is 20.0. The second-order valence-electron chi connectivity index (χ2n) is 7.82. The van der Waals surface area contributed by atoms with Crippen molar-refractivity contribution in [1.29, 1.82) is 0 Å². The maximum absolute atomic E-state index is 6.54. The van der Waals surface area contributed by atoms with Crippen molar-refractivity contribution >= 4 is 29.8 Å². The summed E-state index contributed by atoms with van der Waals surface area (Å²) in [6.07, 6.45) is 7.79. The van der Waals surface area contributed by atoms with Crippen molar-refractivity contribution < 1.29 is 4.43 Å². The molecule has 0 aromatic carbocycles. The molecule has 1 unspecified atom stereocenters. The second-order valence-corrected chi connectivity index (χ2v) is 13.5. The first-order valence-corrected chi connectivity index (χ1v) is 11.8. The number of allylic oxidation sites excluding steroid dienone is 1. The molecule has 0 N–H and O–H groups in total. The molecule has 0 saturated heterocycles. The molecule has 2 nitrogen and oxygen atoms in total. The van der Waals surface area contributed by atoms with Crippen LogP contribution in [0.4, 0.5) is 0 Å². The van der Waals surface area contributed by atoms with Gasteiger partial charge in [-0.05, 0) is 77.5 Å². The lowest BCUT2D eigenvalue weighted by molar-refractivity contribution is 0.172. The first-order chi connectivity index (χ1) is 10.1. The second kappa shape index (κ2) is 6.58. The summed E-state index contributed by atoms with van der Waals surface area (Å²) in [4.78, 5) is 4.59. The molecule has 0 bridgehead atoms. The van der Waals surface area contributed by atoms with Gasteiger partial charge in [0.15, 0.2) is 8.32 Å². The van der Waals surface area contributed by atoms with Crippen LogP contribution >= 0.6 is 15.9 Å². The fraction of sp³-hybridized carbons (Fsp3) is 0.611. The number of rotatable bonds is 3. The number of hydrogen-bond donors (Lipinski definition) is 0. The van der Waals surface area contributed by atoms with E-state index in [9.17, 15) is 0 Å². The molecular formula is C18H28BrNOSi. The summed E-state index contributed by atoms with van der Waals surface area (Å²) in [6, 6.07) is 2.14. The zero-order valence-corrected chi connectivity index (χ0v) is 17.3. The molecule has 0 spiro atoms. The van der Waals surface area contributed by atoms with E-state index in [1.807, 2.05) is 6.20 Å². The molecule has 1 heterocycles. The lowest BCUT2D eigenvalue weighted by Crippen LogP contribution is -2.44. The summed E-state index contributed by atoms with van der Waals surface area (Å²) in [5, 5.41) is 0.279. The fourth-order valence-corrected chi connectivity index (χ4v) is 4.45. The smallest absolute Gasteiger partial charge is 0.192 e. The fourth-order valence-electron chi connectivity index (χ4n) is 2.60. The van der Waals surface area contributed by atoms with E-state index >= 15 is 0 Å². The zero-order chi connectivity index (χ0) is 16.5. The highest BCUT2D eigenvalue weighted by Crippen LogP contribution is 2.39. The highest BCUT2D eigenvalue weighted by Gasteiger charge is 2.39. The molecule has 0 fully saturated rings. The van der Waals surface area contributed by atoms with Gasteiger partial charge in [-0.1, -0.05) is 26.8 Å². The number of aryl methyl sites for hydroxylation is 1. The van der Waals surface area contributed by atoms with Gasteiger partial charge in [0.1, 0.15) is 0 Å². The van der Waals surface area contributed by atoms with Gasteiger partial charge in [-0.3, -0.25) is 4.98 Å². The minimum Gasteiger partial charge on any atom is -0.414 e. The van der Waals surface area contributed by atoms with Crippen molar-refractivity contribution in [3.05, 3.63) is 34.1 Å². The summed E-state index contributed by atoms with van der Waals surface area (Å²) in [5.74, 6) is 0. The van der Waals surface area contributed by atoms with Crippen molar-refractivity contribution in [2.24, 2.45) is 0 Å². The highest BCUT2D eigenvalue weighted by atomic mass is 79.9. The van der Waals surface area contributed by atoms with Crippen LogP contribution in [0.2, 0.25) is 18.1 Å². The molecule has 0 radical (unpaired) electrons. The predicted octanol–water partition coefficient (Wildman–Crippen LogP) is 6.11. The van der Waals surface area contributed by atoms with E-state index in [0.29, 0.717) is 6.10 Å². The molecule has 0 saturated carbocycles. The molecule has 0 amide bonds. The Morgan fingerprint density at radius 2 is 2.00 bits per heavy atom. The molecule has 1 aromatic heterocycles. The Balaban J connectivity index is 2.07. The van der Waals surface area contributed by atoms with Gasteiger partial charge in [0.05, 0.1) is 5.69 Å². The Morgan fingerprint density at radius 1 is 1.32 bits per heavy atom. The number of halogens is 1. The topological polar surface area (TPSA) is 22.1 Å². The van der Waals surface area contributed by atoms with Crippen LogP contribution in [-0.4, -0.2) is 19.4 Å². The summed E-state index contributed by atoms with van der Waals surface area (Å²) in [6.45, 7) is 13.7. The minimum absolute atomic E-state index is 0.279. The van der Waals surface area contributed by atoms with E-state index in [1.165, 1.54) is 11.1 Å². The number of aromatic nitrogens is 1. The van der Waals surface area contributed by atoms with E-state index in [0.717, 1.165) is 29.4 Å². The van der Waals surface area contributed by atoms with Crippen molar-refractivity contribution in [2.75, 3.05) is 0 Å². The van der Waals surface area contributed by atoms with E-state index in [2.05, 4.69) is 73.8 Å². The van der Waals surface area contributed by atoms with Gasteiger partial charge in [-0.25, -0.2) is 0 Å². The monoisotopic (exact) mass is 381 g/mol. The lowest BCUT2D eigenvalue weighted by Gasteiger charge is -2.40. The summed E-state index contributed by atoms with van der Waals surface area (Å²) in [5.41, 5.74) is 3.76. The van der Waals surface area contributed by atoms with Crippen molar-refractivity contribution in [3.8, 4) is 0 Å². The third-order valence-electron chi connectivity index (χ3n) is 4.98. The number of hydrogen-bond acceptors (Lipinski definition) is 2. The molecule has 2 rings (SSSR count). The van der Waals surface area contributed by atoms with Crippen LogP contribution < -0.4 is 0 Å². The first kappa shape index (κ1) is 17.9. The molecule has 1 atom stereocenters. The Kier molecular flexibility index (Phi) is 5.35. The van der Waals surface area contributed by atoms with Gasteiger partial charge in [0.2, 0.25) is 0 Å². The lowest BCUT2D eigenvalue weighted by atomic mass is 9.93. The molecule has 122 valence electrons. The van der Waals surface area contributed by atoms with Gasteiger partial charge in [0, 0.05) is 16.8 Å². The van der Waals surface area contributed by atoms with E-state index in [4.69, 9.17) is 4.43 Å². The Labute approximate surface area is 144 Å². The molecular weight excluding hydrogens is 354 g/mol. The molecule has 1 aliphatic rings. The van der Waals surface area contributed by atoms with Crippen molar-refractivity contribution in [2.45, 2.75) is 71.2 Å². The zero-order valence-electron chi connectivity index (χ0n) is 14.7. The van der Waals surface area contributed by atoms with Gasteiger partial charge in [-0.2, -0.15) is 0 Å². The van der Waals surface area contributed by atoms with Gasteiger partial charge in [-0.15, -0.1) is 0 Å². The van der Waals surface area contributed by atoms with E-state index in [1.54, 1.807) is 0 Å². The van der Waals surface area contributed by atoms with Gasteiger partial charge >= 0.3 is 0 Å². The molecule has 1 aliphatic carbocycles. The average molecular weight is 382 g/mol.